The molecule has 116 valence electrons. The van der Waals surface area contributed by atoms with Gasteiger partial charge in [0.25, 0.3) is 5.56 Å². The summed E-state index contributed by atoms with van der Waals surface area (Å²) in [6.45, 7) is 0.470. The molecule has 5 heteroatoms. The van der Waals surface area contributed by atoms with Crippen LogP contribution in [0.4, 0.5) is 0 Å². The number of aromatic nitrogens is 4. The molecule has 5 nitrogen and oxygen atoms in total. The maximum Gasteiger partial charge on any atom is 0.269 e. The van der Waals surface area contributed by atoms with Gasteiger partial charge in [-0.2, -0.15) is 0 Å². The van der Waals surface area contributed by atoms with Gasteiger partial charge in [-0.1, -0.05) is 24.3 Å². The average molecular weight is 314 g/mol. The van der Waals surface area contributed by atoms with Gasteiger partial charge in [0.15, 0.2) is 5.65 Å². The van der Waals surface area contributed by atoms with Gasteiger partial charge in [-0.15, -0.1) is 0 Å². The molecule has 0 atom stereocenters. The van der Waals surface area contributed by atoms with E-state index in [0.717, 1.165) is 22.2 Å². The minimum absolute atomic E-state index is 0.137. The standard InChI is InChI=1S/C19H14N4O/c24-18-12-22-19-17(7-3-9-21-19)23(18)13-14-4-1-5-15(10-14)16-6-2-8-20-11-16/h1-12H,13H2. The average Bonchev–Trinajstić information content (AvgIpc) is 2.65. The second kappa shape index (κ2) is 6.04. The van der Waals surface area contributed by atoms with E-state index in [1.165, 1.54) is 6.20 Å². The molecule has 3 heterocycles. The lowest BCUT2D eigenvalue weighted by Gasteiger charge is -2.10. The van der Waals surface area contributed by atoms with Crippen LogP contribution >= 0.6 is 0 Å². The monoisotopic (exact) mass is 314 g/mol. The first-order chi connectivity index (χ1) is 11.8. The third-order valence-corrected chi connectivity index (χ3v) is 3.88. The van der Waals surface area contributed by atoms with Gasteiger partial charge in [0.05, 0.1) is 18.3 Å². The Labute approximate surface area is 138 Å². The van der Waals surface area contributed by atoms with Crippen LogP contribution in [0.25, 0.3) is 22.3 Å². The first-order valence-electron chi connectivity index (χ1n) is 7.61. The fraction of sp³-hybridized carbons (Fsp3) is 0.0526. The van der Waals surface area contributed by atoms with Gasteiger partial charge in [-0.3, -0.25) is 14.3 Å². The summed E-state index contributed by atoms with van der Waals surface area (Å²) in [5, 5.41) is 0. The van der Waals surface area contributed by atoms with Crippen LogP contribution in [0.5, 0.6) is 0 Å². The highest BCUT2D eigenvalue weighted by Gasteiger charge is 2.06. The van der Waals surface area contributed by atoms with Crippen molar-refractivity contribution in [3.63, 3.8) is 0 Å². The largest absolute Gasteiger partial charge is 0.300 e. The van der Waals surface area contributed by atoms with Crippen LogP contribution in [0.2, 0.25) is 0 Å². The van der Waals surface area contributed by atoms with Gasteiger partial charge in [0, 0.05) is 18.6 Å². The zero-order valence-corrected chi connectivity index (χ0v) is 12.8. The Morgan fingerprint density at radius 3 is 2.62 bits per heavy atom. The third-order valence-electron chi connectivity index (χ3n) is 3.88. The molecule has 0 saturated heterocycles. The topological polar surface area (TPSA) is 60.7 Å². The SMILES string of the molecule is O=c1cnc2ncccc2n1Cc1cccc(-c2cccnc2)c1. The molecule has 0 saturated carbocycles. The highest BCUT2D eigenvalue weighted by atomic mass is 16.1. The molecule has 0 fully saturated rings. The quantitative estimate of drug-likeness (QED) is 0.583. The van der Waals surface area contributed by atoms with Crippen LogP contribution in [-0.4, -0.2) is 19.5 Å². The van der Waals surface area contributed by atoms with E-state index in [2.05, 4.69) is 21.0 Å². The highest BCUT2D eigenvalue weighted by Crippen LogP contribution is 2.20. The molecule has 0 bridgehead atoms. The third kappa shape index (κ3) is 2.67. The molecule has 4 rings (SSSR count). The predicted molar refractivity (Wildman–Crippen MR) is 92.6 cm³/mol. The minimum Gasteiger partial charge on any atom is -0.300 e. The van der Waals surface area contributed by atoms with Crippen molar-refractivity contribution in [3.8, 4) is 11.1 Å². The zero-order chi connectivity index (χ0) is 16.4. The van der Waals surface area contributed by atoms with Crippen molar-refractivity contribution >= 4 is 11.2 Å². The minimum atomic E-state index is -0.137. The van der Waals surface area contributed by atoms with Crippen molar-refractivity contribution < 1.29 is 0 Å². The highest BCUT2D eigenvalue weighted by molar-refractivity contribution is 5.69. The van der Waals surface area contributed by atoms with E-state index in [4.69, 9.17) is 0 Å². The molecule has 24 heavy (non-hydrogen) atoms. The van der Waals surface area contributed by atoms with Gasteiger partial charge >= 0.3 is 0 Å². The summed E-state index contributed by atoms with van der Waals surface area (Å²) >= 11 is 0. The Morgan fingerprint density at radius 1 is 0.875 bits per heavy atom. The molecule has 0 N–H and O–H groups in total. The first-order valence-corrected chi connectivity index (χ1v) is 7.61. The normalized spacial score (nSPS) is 10.8. The molecule has 0 aliphatic carbocycles. The Balaban J connectivity index is 1.77. The maximum absolute atomic E-state index is 12.3. The molecular formula is C19H14N4O. The molecule has 0 amide bonds. The van der Waals surface area contributed by atoms with Crippen molar-refractivity contribution in [2.45, 2.75) is 6.54 Å². The van der Waals surface area contributed by atoms with E-state index >= 15 is 0 Å². The summed E-state index contributed by atoms with van der Waals surface area (Å²) < 4.78 is 1.69. The van der Waals surface area contributed by atoms with Crippen LogP contribution in [0.15, 0.2) is 78.1 Å². The Morgan fingerprint density at radius 2 is 1.75 bits per heavy atom. The predicted octanol–water partition coefficient (Wildman–Crippen LogP) is 2.90. The first kappa shape index (κ1) is 14.3. The maximum atomic E-state index is 12.3. The molecule has 0 unspecified atom stereocenters. The Kier molecular flexibility index (Phi) is 3.59. The summed E-state index contributed by atoms with van der Waals surface area (Å²) in [7, 11) is 0. The van der Waals surface area contributed by atoms with E-state index < -0.39 is 0 Å². The van der Waals surface area contributed by atoms with Crippen LogP contribution in [-0.2, 0) is 6.54 Å². The van der Waals surface area contributed by atoms with Crippen molar-refractivity contribution in [3.05, 3.63) is 89.2 Å². The summed E-state index contributed by atoms with van der Waals surface area (Å²) in [4.78, 5) is 24.7. The van der Waals surface area contributed by atoms with Crippen molar-refractivity contribution in [2.75, 3.05) is 0 Å². The number of nitrogens with zero attached hydrogens (tertiary/aromatic N) is 4. The van der Waals surface area contributed by atoms with Crippen molar-refractivity contribution in [2.24, 2.45) is 0 Å². The van der Waals surface area contributed by atoms with Crippen molar-refractivity contribution in [1.29, 1.82) is 0 Å². The molecule has 0 spiro atoms. The van der Waals surface area contributed by atoms with Gasteiger partial charge in [0.1, 0.15) is 0 Å². The van der Waals surface area contributed by atoms with Crippen LogP contribution < -0.4 is 5.56 Å². The second-order valence-electron chi connectivity index (χ2n) is 5.47. The Bertz CT molecular complexity index is 1060. The van der Waals surface area contributed by atoms with Crippen LogP contribution in [0.1, 0.15) is 5.56 Å². The smallest absolute Gasteiger partial charge is 0.269 e. The summed E-state index contributed by atoms with van der Waals surface area (Å²) in [5.41, 5.74) is 4.33. The molecule has 4 aromatic rings. The second-order valence-corrected chi connectivity index (χ2v) is 5.47. The zero-order valence-electron chi connectivity index (χ0n) is 12.8. The lowest BCUT2D eigenvalue weighted by molar-refractivity contribution is 0.784. The van der Waals surface area contributed by atoms with Crippen LogP contribution in [0, 0.1) is 0 Å². The van der Waals surface area contributed by atoms with Gasteiger partial charge in [0.2, 0.25) is 0 Å². The van der Waals surface area contributed by atoms with Gasteiger partial charge < -0.3 is 0 Å². The molecule has 1 aromatic carbocycles. The van der Waals surface area contributed by atoms with Gasteiger partial charge in [-0.25, -0.2) is 9.97 Å². The van der Waals surface area contributed by atoms with E-state index in [1.54, 1.807) is 17.0 Å². The number of fused-ring (bicyclic) bond motifs is 1. The lowest BCUT2D eigenvalue weighted by atomic mass is 10.0. The number of hydrogen-bond donors (Lipinski definition) is 0. The van der Waals surface area contributed by atoms with Crippen LogP contribution in [0.3, 0.4) is 0 Å². The Hall–Kier alpha value is -3.34. The van der Waals surface area contributed by atoms with E-state index in [0.29, 0.717) is 12.2 Å². The molecule has 3 aromatic heterocycles. The fourth-order valence-electron chi connectivity index (χ4n) is 2.73. The van der Waals surface area contributed by atoms with E-state index in [9.17, 15) is 4.79 Å². The summed E-state index contributed by atoms with van der Waals surface area (Å²) in [6, 6.07) is 15.7. The molecule has 0 aliphatic heterocycles. The van der Waals surface area contributed by atoms with E-state index in [1.807, 2.05) is 48.7 Å². The number of rotatable bonds is 3. The van der Waals surface area contributed by atoms with Gasteiger partial charge in [-0.05, 0) is 41.0 Å². The number of hydrogen-bond acceptors (Lipinski definition) is 4. The molecule has 0 aliphatic rings. The van der Waals surface area contributed by atoms with E-state index in [-0.39, 0.29) is 5.56 Å². The summed E-state index contributed by atoms with van der Waals surface area (Å²) in [6.07, 6.45) is 6.58. The molecular weight excluding hydrogens is 300 g/mol. The van der Waals surface area contributed by atoms with Crippen molar-refractivity contribution in [1.82, 2.24) is 19.5 Å². The lowest BCUT2D eigenvalue weighted by Crippen LogP contribution is -2.21. The number of benzene rings is 1. The fourth-order valence-corrected chi connectivity index (χ4v) is 2.73. The number of pyridine rings is 2. The molecule has 0 radical (unpaired) electrons. The summed E-state index contributed by atoms with van der Waals surface area (Å²) in [5.74, 6) is 0.